The molecule has 27 heavy (non-hydrogen) atoms. The van der Waals surface area contributed by atoms with Crippen LogP contribution in [0.5, 0.6) is 0 Å². The third-order valence-corrected chi connectivity index (χ3v) is 5.57. The molecular formula is C19H23N7S. The van der Waals surface area contributed by atoms with Gasteiger partial charge >= 0.3 is 0 Å². The predicted octanol–water partition coefficient (Wildman–Crippen LogP) is 2.32. The second kappa shape index (κ2) is 8.51. The molecule has 0 bridgehead atoms. The summed E-state index contributed by atoms with van der Waals surface area (Å²) in [5.74, 6) is 0.653. The van der Waals surface area contributed by atoms with Gasteiger partial charge in [0.2, 0.25) is 5.95 Å². The normalized spacial score (nSPS) is 15.7. The second-order valence-electron chi connectivity index (χ2n) is 6.60. The molecule has 1 fully saturated rings. The molecule has 0 aromatic carbocycles. The summed E-state index contributed by atoms with van der Waals surface area (Å²) in [7, 11) is 2.17. The van der Waals surface area contributed by atoms with E-state index in [1.165, 1.54) is 0 Å². The molecule has 7 nitrogen and oxygen atoms in total. The minimum Gasteiger partial charge on any atom is -0.353 e. The number of thiophene rings is 1. The van der Waals surface area contributed by atoms with Crippen LogP contribution in [-0.2, 0) is 0 Å². The third kappa shape index (κ3) is 4.47. The summed E-state index contributed by atoms with van der Waals surface area (Å²) in [6.45, 7) is 6.32. The molecule has 0 unspecified atom stereocenters. The standard InChI is InChI=1S/C19H23N7S/c1-25-8-10-26(11-9-25)7-6-22-19-23-13-15(16-14-20-4-5-21-16)18(24-19)17-3-2-12-27-17/h2-5,12-14H,6-11H2,1H3,(H,22,23,24). The van der Waals surface area contributed by atoms with Gasteiger partial charge in [-0.3, -0.25) is 14.9 Å². The van der Waals surface area contributed by atoms with Gasteiger partial charge in [-0.15, -0.1) is 11.3 Å². The first kappa shape index (κ1) is 18.0. The lowest BCUT2D eigenvalue weighted by molar-refractivity contribution is 0.158. The fourth-order valence-corrected chi connectivity index (χ4v) is 3.82. The quantitative estimate of drug-likeness (QED) is 0.703. The molecule has 1 saturated heterocycles. The summed E-state index contributed by atoms with van der Waals surface area (Å²) in [4.78, 5) is 23.8. The molecule has 0 aliphatic carbocycles. The second-order valence-corrected chi connectivity index (χ2v) is 7.54. The molecule has 1 aliphatic rings. The topological polar surface area (TPSA) is 70.1 Å². The van der Waals surface area contributed by atoms with Gasteiger partial charge in [0.05, 0.1) is 22.5 Å². The van der Waals surface area contributed by atoms with E-state index in [1.54, 1.807) is 29.9 Å². The average Bonchev–Trinajstić information content (AvgIpc) is 3.25. The number of anilines is 1. The maximum Gasteiger partial charge on any atom is 0.223 e. The van der Waals surface area contributed by atoms with Gasteiger partial charge in [0.15, 0.2) is 0 Å². The maximum atomic E-state index is 4.78. The Morgan fingerprint density at radius 2 is 2.00 bits per heavy atom. The summed E-state index contributed by atoms with van der Waals surface area (Å²) in [5.41, 5.74) is 2.57. The molecule has 0 spiro atoms. The summed E-state index contributed by atoms with van der Waals surface area (Å²) in [6, 6.07) is 4.10. The van der Waals surface area contributed by atoms with E-state index in [1.807, 2.05) is 12.3 Å². The van der Waals surface area contributed by atoms with Crippen LogP contribution in [0, 0.1) is 0 Å². The average molecular weight is 382 g/mol. The molecule has 3 aromatic heterocycles. The van der Waals surface area contributed by atoms with Crippen LogP contribution in [0.15, 0.2) is 42.3 Å². The van der Waals surface area contributed by atoms with Crippen molar-refractivity contribution >= 4 is 17.3 Å². The molecule has 4 heterocycles. The molecule has 8 heteroatoms. The fourth-order valence-electron chi connectivity index (χ4n) is 3.09. The van der Waals surface area contributed by atoms with Crippen LogP contribution >= 0.6 is 11.3 Å². The van der Waals surface area contributed by atoms with Gasteiger partial charge in [0.1, 0.15) is 0 Å². The van der Waals surface area contributed by atoms with Gasteiger partial charge < -0.3 is 10.2 Å². The first-order valence-corrected chi connectivity index (χ1v) is 9.99. The zero-order valence-corrected chi connectivity index (χ0v) is 16.2. The first-order chi connectivity index (χ1) is 13.3. The highest BCUT2D eigenvalue weighted by atomic mass is 32.1. The van der Waals surface area contributed by atoms with Crippen LogP contribution in [0.25, 0.3) is 21.8 Å². The molecular weight excluding hydrogens is 358 g/mol. The Kier molecular flexibility index (Phi) is 5.66. The Balaban J connectivity index is 1.49. The Morgan fingerprint density at radius 3 is 2.74 bits per heavy atom. The van der Waals surface area contributed by atoms with E-state index in [0.29, 0.717) is 5.95 Å². The van der Waals surface area contributed by atoms with Gasteiger partial charge in [-0.1, -0.05) is 6.07 Å². The predicted molar refractivity (Wildman–Crippen MR) is 109 cm³/mol. The van der Waals surface area contributed by atoms with Crippen molar-refractivity contribution < 1.29 is 0 Å². The van der Waals surface area contributed by atoms with E-state index in [2.05, 4.69) is 48.6 Å². The van der Waals surface area contributed by atoms with Crippen LogP contribution in [0.3, 0.4) is 0 Å². The van der Waals surface area contributed by atoms with E-state index < -0.39 is 0 Å². The van der Waals surface area contributed by atoms with Gasteiger partial charge in [-0.2, -0.15) is 0 Å². The molecule has 0 radical (unpaired) electrons. The molecule has 1 N–H and O–H groups in total. The molecule has 0 atom stereocenters. The Bertz CT molecular complexity index is 846. The number of aromatic nitrogens is 4. The van der Waals surface area contributed by atoms with Crippen LogP contribution in [-0.4, -0.2) is 76.1 Å². The monoisotopic (exact) mass is 381 g/mol. The van der Waals surface area contributed by atoms with Gasteiger partial charge in [0, 0.05) is 63.4 Å². The number of nitrogens with zero attached hydrogens (tertiary/aromatic N) is 6. The molecule has 0 saturated carbocycles. The number of likely N-dealkylation sites (N-methyl/N-ethyl adjacent to an activating group) is 1. The third-order valence-electron chi connectivity index (χ3n) is 4.69. The van der Waals surface area contributed by atoms with E-state index in [-0.39, 0.29) is 0 Å². The lowest BCUT2D eigenvalue weighted by Crippen LogP contribution is -2.45. The number of hydrogen-bond acceptors (Lipinski definition) is 8. The van der Waals surface area contributed by atoms with Crippen molar-refractivity contribution in [1.82, 2.24) is 29.7 Å². The van der Waals surface area contributed by atoms with Crippen molar-refractivity contribution in [1.29, 1.82) is 0 Å². The first-order valence-electron chi connectivity index (χ1n) is 9.11. The van der Waals surface area contributed by atoms with E-state index in [9.17, 15) is 0 Å². The number of nitrogens with one attached hydrogen (secondary N) is 1. The fraction of sp³-hybridized carbons (Fsp3) is 0.368. The molecule has 4 rings (SSSR count). The Labute approximate surface area is 163 Å². The SMILES string of the molecule is CN1CCN(CCNc2ncc(-c3cnccn3)c(-c3cccs3)n2)CC1. The van der Waals surface area contributed by atoms with Crippen LogP contribution in [0.4, 0.5) is 5.95 Å². The number of piperazine rings is 1. The summed E-state index contributed by atoms with van der Waals surface area (Å²) in [6.07, 6.45) is 6.94. The highest BCUT2D eigenvalue weighted by Gasteiger charge is 2.15. The van der Waals surface area contributed by atoms with E-state index in [0.717, 1.165) is 61.1 Å². The molecule has 0 amide bonds. The highest BCUT2D eigenvalue weighted by molar-refractivity contribution is 7.13. The van der Waals surface area contributed by atoms with E-state index >= 15 is 0 Å². The molecule has 3 aromatic rings. The Hall–Kier alpha value is -2.42. The van der Waals surface area contributed by atoms with Crippen LogP contribution in [0.1, 0.15) is 0 Å². The minimum atomic E-state index is 0.653. The van der Waals surface area contributed by atoms with Gasteiger partial charge in [0.25, 0.3) is 0 Å². The van der Waals surface area contributed by atoms with Gasteiger partial charge in [-0.25, -0.2) is 9.97 Å². The molecule has 1 aliphatic heterocycles. The summed E-state index contributed by atoms with van der Waals surface area (Å²) >= 11 is 1.66. The summed E-state index contributed by atoms with van der Waals surface area (Å²) in [5, 5.41) is 5.43. The van der Waals surface area contributed by atoms with E-state index in [4.69, 9.17) is 4.98 Å². The molecule has 140 valence electrons. The maximum absolute atomic E-state index is 4.78. The highest BCUT2D eigenvalue weighted by Crippen LogP contribution is 2.32. The number of rotatable bonds is 6. The van der Waals surface area contributed by atoms with Crippen LogP contribution < -0.4 is 5.32 Å². The van der Waals surface area contributed by atoms with Crippen LogP contribution in [0.2, 0.25) is 0 Å². The van der Waals surface area contributed by atoms with Crippen molar-refractivity contribution in [2.24, 2.45) is 0 Å². The summed E-state index contributed by atoms with van der Waals surface area (Å²) < 4.78 is 0. The Morgan fingerprint density at radius 1 is 1.11 bits per heavy atom. The lowest BCUT2D eigenvalue weighted by atomic mass is 10.1. The van der Waals surface area contributed by atoms with Gasteiger partial charge in [-0.05, 0) is 18.5 Å². The van der Waals surface area contributed by atoms with Crippen molar-refractivity contribution in [3.8, 4) is 21.8 Å². The van der Waals surface area contributed by atoms with Crippen molar-refractivity contribution in [3.63, 3.8) is 0 Å². The zero-order valence-electron chi connectivity index (χ0n) is 15.4. The van der Waals surface area contributed by atoms with Crippen molar-refractivity contribution in [2.75, 3.05) is 51.6 Å². The lowest BCUT2D eigenvalue weighted by Gasteiger charge is -2.32. The number of hydrogen-bond donors (Lipinski definition) is 1. The smallest absolute Gasteiger partial charge is 0.223 e. The largest absolute Gasteiger partial charge is 0.353 e. The van der Waals surface area contributed by atoms with Crippen molar-refractivity contribution in [2.45, 2.75) is 0 Å². The van der Waals surface area contributed by atoms with Crippen molar-refractivity contribution in [3.05, 3.63) is 42.3 Å². The zero-order chi connectivity index (χ0) is 18.5. The minimum absolute atomic E-state index is 0.653.